The molecule has 1 fully saturated rings. The number of anilines is 1. The van der Waals surface area contributed by atoms with Crippen LogP contribution in [0.1, 0.15) is 30.5 Å². The van der Waals surface area contributed by atoms with Gasteiger partial charge >= 0.3 is 0 Å². The molecule has 0 bridgehead atoms. The number of nitrogens with zero attached hydrogens (tertiary/aromatic N) is 2. The molecule has 100 valence electrons. The van der Waals surface area contributed by atoms with Gasteiger partial charge in [-0.2, -0.15) is 0 Å². The maximum absolute atomic E-state index is 11.8. The molecule has 1 aromatic rings. The molecule has 2 rings (SSSR count). The highest BCUT2D eigenvalue weighted by molar-refractivity contribution is 7.92. The minimum Gasteiger partial charge on any atom is -0.353 e. The predicted octanol–water partition coefficient (Wildman–Crippen LogP) is 1.47. The van der Waals surface area contributed by atoms with Crippen molar-refractivity contribution in [2.24, 2.45) is 0 Å². The molecule has 0 amide bonds. The van der Waals surface area contributed by atoms with E-state index >= 15 is 0 Å². The smallest absolute Gasteiger partial charge is 0.222 e. The SMILES string of the molecule is Cc1cnc(NC[C@H]2CCCCS2(=O)=O)nc1C. The maximum atomic E-state index is 11.8. The number of rotatable bonds is 3. The van der Waals surface area contributed by atoms with Crippen LogP contribution in [0.3, 0.4) is 0 Å². The Kier molecular flexibility index (Phi) is 3.85. The van der Waals surface area contributed by atoms with Crippen LogP contribution in [-0.2, 0) is 9.84 Å². The second-order valence-electron chi connectivity index (χ2n) is 4.83. The highest BCUT2D eigenvalue weighted by Gasteiger charge is 2.28. The highest BCUT2D eigenvalue weighted by Crippen LogP contribution is 2.19. The Balaban J connectivity index is 2.00. The van der Waals surface area contributed by atoms with Gasteiger partial charge in [-0.15, -0.1) is 0 Å². The van der Waals surface area contributed by atoms with Gasteiger partial charge in [0, 0.05) is 18.4 Å². The van der Waals surface area contributed by atoms with E-state index in [1.165, 1.54) is 0 Å². The van der Waals surface area contributed by atoms with Crippen LogP contribution >= 0.6 is 0 Å². The molecule has 0 unspecified atom stereocenters. The number of sulfone groups is 1. The second-order valence-corrected chi connectivity index (χ2v) is 7.23. The van der Waals surface area contributed by atoms with Gasteiger partial charge in [0.05, 0.1) is 11.0 Å². The van der Waals surface area contributed by atoms with Crippen molar-refractivity contribution in [2.45, 2.75) is 38.4 Å². The Morgan fingerprint density at radius 2 is 2.17 bits per heavy atom. The number of aromatic nitrogens is 2. The summed E-state index contributed by atoms with van der Waals surface area (Å²) in [4.78, 5) is 8.44. The zero-order valence-electron chi connectivity index (χ0n) is 10.8. The van der Waals surface area contributed by atoms with E-state index in [0.717, 1.165) is 30.5 Å². The standard InChI is InChI=1S/C12H19N3O2S/c1-9-7-13-12(15-10(9)2)14-8-11-5-3-4-6-18(11,16)17/h7,11H,3-6,8H2,1-2H3,(H,13,14,15)/t11-/m1/s1. The summed E-state index contributed by atoms with van der Waals surface area (Å²) in [6.07, 6.45) is 4.26. The fraction of sp³-hybridized carbons (Fsp3) is 0.667. The van der Waals surface area contributed by atoms with E-state index in [1.54, 1.807) is 6.20 Å². The molecule has 0 radical (unpaired) electrons. The third-order valence-corrected chi connectivity index (χ3v) is 5.70. The van der Waals surface area contributed by atoms with Crippen LogP contribution in [0.5, 0.6) is 0 Å². The molecule has 1 aromatic heterocycles. The predicted molar refractivity (Wildman–Crippen MR) is 71.4 cm³/mol. The van der Waals surface area contributed by atoms with E-state index in [9.17, 15) is 8.42 Å². The van der Waals surface area contributed by atoms with E-state index in [1.807, 2.05) is 13.8 Å². The Hall–Kier alpha value is -1.17. The van der Waals surface area contributed by atoms with Crippen molar-refractivity contribution in [3.05, 3.63) is 17.5 Å². The van der Waals surface area contributed by atoms with Gasteiger partial charge in [0.15, 0.2) is 9.84 Å². The zero-order valence-corrected chi connectivity index (χ0v) is 11.6. The molecular weight excluding hydrogens is 250 g/mol. The van der Waals surface area contributed by atoms with Crippen molar-refractivity contribution in [3.63, 3.8) is 0 Å². The van der Waals surface area contributed by atoms with Crippen LogP contribution in [0, 0.1) is 13.8 Å². The first-order chi connectivity index (χ1) is 8.49. The molecular formula is C12H19N3O2S. The van der Waals surface area contributed by atoms with Gasteiger partial charge in [0.25, 0.3) is 0 Å². The fourth-order valence-electron chi connectivity index (χ4n) is 2.07. The van der Waals surface area contributed by atoms with E-state index in [0.29, 0.717) is 18.2 Å². The first-order valence-electron chi connectivity index (χ1n) is 6.25. The summed E-state index contributed by atoms with van der Waals surface area (Å²) in [7, 11) is -2.93. The van der Waals surface area contributed by atoms with Crippen LogP contribution in [0.4, 0.5) is 5.95 Å². The minimum atomic E-state index is -2.93. The molecule has 0 aliphatic carbocycles. The molecule has 1 saturated heterocycles. The van der Waals surface area contributed by atoms with Gasteiger partial charge in [0.2, 0.25) is 5.95 Å². The average Bonchev–Trinajstić information content (AvgIpc) is 2.31. The highest BCUT2D eigenvalue weighted by atomic mass is 32.2. The normalized spacial score (nSPS) is 22.7. The van der Waals surface area contributed by atoms with Gasteiger partial charge in [-0.1, -0.05) is 6.42 Å². The Morgan fingerprint density at radius 3 is 2.83 bits per heavy atom. The molecule has 6 heteroatoms. The number of nitrogens with one attached hydrogen (secondary N) is 1. The summed E-state index contributed by atoms with van der Waals surface area (Å²) in [6, 6.07) is 0. The average molecular weight is 269 g/mol. The Morgan fingerprint density at radius 1 is 1.39 bits per heavy atom. The van der Waals surface area contributed by atoms with Crippen molar-refractivity contribution >= 4 is 15.8 Å². The third kappa shape index (κ3) is 2.98. The lowest BCUT2D eigenvalue weighted by molar-refractivity contribution is 0.544. The Labute approximate surface area is 108 Å². The summed E-state index contributed by atoms with van der Waals surface area (Å²) in [5, 5.41) is 2.74. The number of aryl methyl sites for hydroxylation is 2. The van der Waals surface area contributed by atoms with Gasteiger partial charge in [-0.25, -0.2) is 18.4 Å². The maximum Gasteiger partial charge on any atom is 0.222 e. The molecule has 18 heavy (non-hydrogen) atoms. The van der Waals surface area contributed by atoms with Crippen molar-refractivity contribution in [2.75, 3.05) is 17.6 Å². The van der Waals surface area contributed by atoms with E-state index < -0.39 is 9.84 Å². The lowest BCUT2D eigenvalue weighted by Gasteiger charge is -2.22. The number of hydrogen-bond acceptors (Lipinski definition) is 5. The molecule has 5 nitrogen and oxygen atoms in total. The molecule has 1 N–H and O–H groups in total. The van der Waals surface area contributed by atoms with Gasteiger partial charge in [-0.05, 0) is 32.3 Å². The summed E-state index contributed by atoms with van der Waals surface area (Å²) in [6.45, 7) is 4.27. The Bertz CT molecular complexity index is 528. The number of hydrogen-bond donors (Lipinski definition) is 1. The van der Waals surface area contributed by atoms with Crippen LogP contribution in [-0.4, -0.2) is 35.9 Å². The lowest BCUT2D eigenvalue weighted by Crippen LogP contribution is -2.34. The quantitative estimate of drug-likeness (QED) is 0.899. The zero-order chi connectivity index (χ0) is 13.2. The van der Waals surface area contributed by atoms with Crippen molar-refractivity contribution in [3.8, 4) is 0 Å². The molecule has 1 aliphatic rings. The van der Waals surface area contributed by atoms with Crippen LogP contribution in [0.15, 0.2) is 6.20 Å². The van der Waals surface area contributed by atoms with Gasteiger partial charge < -0.3 is 5.32 Å². The molecule has 2 heterocycles. The first-order valence-corrected chi connectivity index (χ1v) is 7.96. The molecule has 0 spiro atoms. The first kappa shape index (κ1) is 13.3. The fourth-order valence-corrected chi connectivity index (χ4v) is 3.87. The summed E-state index contributed by atoms with van der Waals surface area (Å²) >= 11 is 0. The van der Waals surface area contributed by atoms with Crippen LogP contribution in [0.2, 0.25) is 0 Å². The summed E-state index contributed by atoms with van der Waals surface area (Å²) < 4.78 is 23.7. The van der Waals surface area contributed by atoms with Gasteiger partial charge in [0.1, 0.15) is 0 Å². The van der Waals surface area contributed by atoms with Crippen LogP contribution < -0.4 is 5.32 Å². The van der Waals surface area contributed by atoms with Crippen molar-refractivity contribution in [1.29, 1.82) is 0 Å². The van der Waals surface area contributed by atoms with E-state index in [2.05, 4.69) is 15.3 Å². The molecule has 0 saturated carbocycles. The molecule has 0 aromatic carbocycles. The largest absolute Gasteiger partial charge is 0.353 e. The van der Waals surface area contributed by atoms with Gasteiger partial charge in [-0.3, -0.25) is 0 Å². The monoisotopic (exact) mass is 269 g/mol. The van der Waals surface area contributed by atoms with Crippen LogP contribution in [0.25, 0.3) is 0 Å². The van der Waals surface area contributed by atoms with E-state index in [4.69, 9.17) is 0 Å². The molecule has 1 atom stereocenters. The lowest BCUT2D eigenvalue weighted by atomic mass is 10.2. The minimum absolute atomic E-state index is 0.295. The summed E-state index contributed by atoms with van der Waals surface area (Å²) in [5.41, 5.74) is 1.95. The van der Waals surface area contributed by atoms with E-state index in [-0.39, 0.29) is 5.25 Å². The summed E-state index contributed by atoms with van der Waals surface area (Å²) in [5.74, 6) is 0.825. The van der Waals surface area contributed by atoms with Crippen molar-refractivity contribution in [1.82, 2.24) is 9.97 Å². The molecule has 1 aliphatic heterocycles. The second kappa shape index (κ2) is 5.22. The third-order valence-electron chi connectivity index (χ3n) is 3.43. The van der Waals surface area contributed by atoms with Crippen molar-refractivity contribution < 1.29 is 8.42 Å². The topological polar surface area (TPSA) is 72.0 Å².